The second kappa shape index (κ2) is 6.10. The third-order valence-corrected chi connectivity index (χ3v) is 3.75. The van der Waals surface area contributed by atoms with Gasteiger partial charge in [0.05, 0.1) is 11.6 Å². The number of hydrogen-bond donors (Lipinski definition) is 0. The highest BCUT2D eigenvalue weighted by atomic mass is 79.9. The first-order chi connectivity index (χ1) is 9.15. The molecule has 0 aromatic heterocycles. The molecule has 0 aliphatic carbocycles. The highest BCUT2D eigenvalue weighted by molar-refractivity contribution is 9.08. The number of rotatable bonds is 3. The Kier molecular flexibility index (Phi) is 4.47. The quantitative estimate of drug-likeness (QED) is 0.748. The van der Waals surface area contributed by atoms with Gasteiger partial charge in [-0.05, 0) is 35.9 Å². The number of hydrogen-bond acceptors (Lipinski definition) is 2. The molecule has 0 amide bonds. The Hall–Kier alpha value is -1.50. The molecule has 0 aliphatic heterocycles. The summed E-state index contributed by atoms with van der Waals surface area (Å²) in [5, 5.41) is 10.4. The summed E-state index contributed by atoms with van der Waals surface area (Å²) in [5.41, 5.74) is 3.78. The van der Waals surface area contributed by atoms with E-state index >= 15 is 0 Å². The van der Waals surface area contributed by atoms with Crippen LogP contribution in [-0.4, -0.2) is 7.05 Å². The molecule has 0 bridgehead atoms. The Morgan fingerprint density at radius 2 is 2.05 bits per heavy atom. The molecule has 0 aliphatic rings. The van der Waals surface area contributed by atoms with Crippen LogP contribution in [0, 0.1) is 11.3 Å². The zero-order valence-corrected chi connectivity index (χ0v) is 12.7. The third-order valence-electron chi connectivity index (χ3n) is 2.92. The van der Waals surface area contributed by atoms with Gasteiger partial charge in [-0.1, -0.05) is 39.7 Å². The first-order valence-electron chi connectivity index (χ1n) is 5.74. The third kappa shape index (κ3) is 3.09. The summed E-state index contributed by atoms with van der Waals surface area (Å²) in [5.74, 6) is 0. The average Bonchev–Trinajstić information content (AvgIpc) is 2.46. The standard InChI is InChI=1S/C15H12BrClN2/c1-19(14-4-2-3-11(7-14)10-18)15-8-13(17)6-5-12(15)9-16/h2-8H,9H2,1H3. The van der Waals surface area contributed by atoms with Crippen molar-refractivity contribution in [2.24, 2.45) is 0 Å². The Labute approximate surface area is 126 Å². The molecule has 2 aromatic rings. The predicted octanol–water partition coefficient (Wildman–Crippen LogP) is 4.87. The van der Waals surface area contributed by atoms with E-state index in [4.69, 9.17) is 16.9 Å². The predicted molar refractivity (Wildman–Crippen MR) is 83.3 cm³/mol. The second-order valence-electron chi connectivity index (χ2n) is 4.13. The number of halogens is 2. The first kappa shape index (κ1) is 13.9. The topological polar surface area (TPSA) is 27.0 Å². The summed E-state index contributed by atoms with van der Waals surface area (Å²) in [6.45, 7) is 0. The van der Waals surface area contributed by atoms with Crippen LogP contribution in [-0.2, 0) is 5.33 Å². The van der Waals surface area contributed by atoms with E-state index in [1.54, 1.807) is 6.07 Å². The SMILES string of the molecule is CN(c1cccc(C#N)c1)c1cc(Cl)ccc1CBr. The number of anilines is 2. The van der Waals surface area contributed by atoms with Crippen molar-refractivity contribution in [2.75, 3.05) is 11.9 Å². The lowest BCUT2D eigenvalue weighted by atomic mass is 10.1. The zero-order valence-electron chi connectivity index (χ0n) is 10.4. The molecule has 0 radical (unpaired) electrons. The molecule has 0 saturated heterocycles. The second-order valence-corrected chi connectivity index (χ2v) is 5.12. The molecule has 0 fully saturated rings. The van der Waals surface area contributed by atoms with Gasteiger partial charge in [-0.25, -0.2) is 0 Å². The summed E-state index contributed by atoms with van der Waals surface area (Å²) >= 11 is 9.55. The fourth-order valence-corrected chi connectivity index (χ4v) is 2.53. The molecule has 0 heterocycles. The smallest absolute Gasteiger partial charge is 0.0992 e. The van der Waals surface area contributed by atoms with E-state index in [1.165, 1.54) is 0 Å². The van der Waals surface area contributed by atoms with E-state index < -0.39 is 0 Å². The van der Waals surface area contributed by atoms with Crippen LogP contribution in [0.4, 0.5) is 11.4 Å². The van der Waals surface area contributed by atoms with Crippen molar-refractivity contribution in [1.29, 1.82) is 5.26 Å². The Bertz CT molecular complexity index is 634. The molecule has 4 heteroatoms. The van der Waals surface area contributed by atoms with E-state index in [0.717, 1.165) is 22.3 Å². The maximum Gasteiger partial charge on any atom is 0.0992 e. The minimum absolute atomic E-state index is 0.645. The molecule has 0 N–H and O–H groups in total. The molecule has 2 aromatic carbocycles. The minimum atomic E-state index is 0.645. The van der Waals surface area contributed by atoms with Crippen LogP contribution < -0.4 is 4.90 Å². The Balaban J connectivity index is 2.46. The van der Waals surface area contributed by atoms with Gasteiger partial charge in [-0.15, -0.1) is 0 Å². The largest absolute Gasteiger partial charge is 0.344 e. The zero-order chi connectivity index (χ0) is 13.8. The number of nitriles is 1. The number of benzene rings is 2. The lowest BCUT2D eigenvalue weighted by Crippen LogP contribution is -2.11. The lowest BCUT2D eigenvalue weighted by Gasteiger charge is -2.22. The van der Waals surface area contributed by atoms with E-state index in [1.807, 2.05) is 48.3 Å². The molecule has 0 atom stereocenters. The highest BCUT2D eigenvalue weighted by Gasteiger charge is 2.10. The molecule has 0 spiro atoms. The van der Waals surface area contributed by atoms with Crippen molar-refractivity contribution < 1.29 is 0 Å². The molecule has 96 valence electrons. The Morgan fingerprint density at radius 3 is 2.74 bits per heavy atom. The van der Waals surface area contributed by atoms with E-state index in [-0.39, 0.29) is 0 Å². The fourth-order valence-electron chi connectivity index (χ4n) is 1.89. The number of nitrogens with zero attached hydrogens (tertiary/aromatic N) is 2. The van der Waals surface area contributed by atoms with Crippen LogP contribution in [0.15, 0.2) is 42.5 Å². The van der Waals surface area contributed by atoms with Crippen LogP contribution >= 0.6 is 27.5 Å². The lowest BCUT2D eigenvalue weighted by molar-refractivity contribution is 1.18. The van der Waals surface area contributed by atoms with Gasteiger partial charge in [0.15, 0.2) is 0 Å². The summed E-state index contributed by atoms with van der Waals surface area (Å²) in [4.78, 5) is 2.03. The van der Waals surface area contributed by atoms with Crippen LogP contribution in [0.3, 0.4) is 0 Å². The van der Waals surface area contributed by atoms with Gasteiger partial charge in [0, 0.05) is 28.8 Å². The fraction of sp³-hybridized carbons (Fsp3) is 0.133. The van der Waals surface area contributed by atoms with Crippen molar-refractivity contribution in [2.45, 2.75) is 5.33 Å². The molecular formula is C15H12BrClN2. The minimum Gasteiger partial charge on any atom is -0.344 e. The van der Waals surface area contributed by atoms with Crippen LogP contribution in [0.2, 0.25) is 5.02 Å². The molecule has 2 nitrogen and oxygen atoms in total. The van der Waals surface area contributed by atoms with E-state index in [2.05, 4.69) is 22.0 Å². The van der Waals surface area contributed by atoms with Gasteiger partial charge < -0.3 is 4.90 Å². The average molecular weight is 336 g/mol. The summed E-state index contributed by atoms with van der Waals surface area (Å²) in [7, 11) is 1.97. The monoisotopic (exact) mass is 334 g/mol. The maximum atomic E-state index is 8.96. The van der Waals surface area contributed by atoms with Gasteiger partial charge in [-0.2, -0.15) is 5.26 Å². The normalized spacial score (nSPS) is 10.0. The van der Waals surface area contributed by atoms with Gasteiger partial charge in [0.1, 0.15) is 0 Å². The molecule has 2 rings (SSSR count). The van der Waals surface area contributed by atoms with Crippen LogP contribution in [0.1, 0.15) is 11.1 Å². The van der Waals surface area contributed by atoms with Crippen molar-refractivity contribution >= 4 is 38.9 Å². The first-order valence-corrected chi connectivity index (χ1v) is 7.24. The Morgan fingerprint density at radius 1 is 1.26 bits per heavy atom. The summed E-state index contributed by atoms with van der Waals surface area (Å²) < 4.78 is 0. The molecule has 0 unspecified atom stereocenters. The van der Waals surface area contributed by atoms with Gasteiger partial charge >= 0.3 is 0 Å². The summed E-state index contributed by atoms with van der Waals surface area (Å²) in [6.07, 6.45) is 0. The highest BCUT2D eigenvalue weighted by Crippen LogP contribution is 2.31. The van der Waals surface area contributed by atoms with E-state index in [0.29, 0.717) is 10.6 Å². The van der Waals surface area contributed by atoms with Crippen molar-refractivity contribution in [3.05, 3.63) is 58.6 Å². The van der Waals surface area contributed by atoms with Crippen molar-refractivity contribution in [1.82, 2.24) is 0 Å². The van der Waals surface area contributed by atoms with E-state index in [9.17, 15) is 0 Å². The van der Waals surface area contributed by atoms with Crippen molar-refractivity contribution in [3.63, 3.8) is 0 Å². The van der Waals surface area contributed by atoms with Gasteiger partial charge in [-0.3, -0.25) is 0 Å². The maximum absolute atomic E-state index is 8.96. The summed E-state index contributed by atoms with van der Waals surface area (Å²) in [6, 6.07) is 15.5. The van der Waals surface area contributed by atoms with Crippen LogP contribution in [0.5, 0.6) is 0 Å². The van der Waals surface area contributed by atoms with Gasteiger partial charge in [0.2, 0.25) is 0 Å². The molecule has 0 saturated carbocycles. The molecular weight excluding hydrogens is 324 g/mol. The van der Waals surface area contributed by atoms with Gasteiger partial charge in [0.25, 0.3) is 0 Å². The number of alkyl halides is 1. The van der Waals surface area contributed by atoms with Crippen LogP contribution in [0.25, 0.3) is 0 Å². The van der Waals surface area contributed by atoms with Crippen molar-refractivity contribution in [3.8, 4) is 6.07 Å². The molecule has 19 heavy (non-hydrogen) atoms.